The number of hydrogen-bond donors (Lipinski definition) is 1. The van der Waals surface area contributed by atoms with E-state index < -0.39 is 6.10 Å². The lowest BCUT2D eigenvalue weighted by Crippen LogP contribution is -2.52. The third-order valence-electron chi connectivity index (χ3n) is 3.99. The molecule has 0 atom stereocenters. The average molecular weight is 315 g/mol. The first-order valence-electron chi connectivity index (χ1n) is 7.43. The Morgan fingerprint density at radius 1 is 1.30 bits per heavy atom. The van der Waals surface area contributed by atoms with E-state index in [1.54, 1.807) is 27.8 Å². The Kier molecular flexibility index (Phi) is 4.00. The van der Waals surface area contributed by atoms with Crippen molar-refractivity contribution in [2.75, 3.05) is 13.1 Å². The topological polar surface area (TPSA) is 58.4 Å². The summed E-state index contributed by atoms with van der Waals surface area (Å²) in [7, 11) is 0. The van der Waals surface area contributed by atoms with Crippen molar-refractivity contribution in [1.82, 2.24) is 14.7 Å². The summed E-state index contributed by atoms with van der Waals surface area (Å²) in [5.74, 6) is -0.415. The van der Waals surface area contributed by atoms with Gasteiger partial charge in [0.2, 0.25) is 5.91 Å². The van der Waals surface area contributed by atoms with E-state index in [9.17, 15) is 14.3 Å². The first-order valence-corrected chi connectivity index (χ1v) is 7.43. The first-order chi connectivity index (χ1) is 11.0. The molecule has 2 aromatic rings. The van der Waals surface area contributed by atoms with Crippen LogP contribution in [0.5, 0.6) is 0 Å². The Hall–Kier alpha value is -2.47. The zero-order valence-electron chi connectivity index (χ0n) is 13.0. The maximum Gasteiger partial charge on any atom is 0.246 e. The van der Waals surface area contributed by atoms with Crippen molar-refractivity contribution in [1.29, 1.82) is 0 Å². The molecule has 1 saturated heterocycles. The summed E-state index contributed by atoms with van der Waals surface area (Å²) in [5, 5.41) is 13.7. The van der Waals surface area contributed by atoms with Gasteiger partial charge in [-0.1, -0.05) is 0 Å². The standard InChI is InChI=1S/C17H18FN3O2/c1-11-16(7-8-17(23)20-9-15(22)10-20)12(2)21(19-11)14-5-3-13(18)4-6-14/h3-8,15,22H,9-10H2,1-2H3/b8-7+. The van der Waals surface area contributed by atoms with E-state index in [2.05, 4.69) is 5.10 Å². The van der Waals surface area contributed by atoms with Gasteiger partial charge in [-0.3, -0.25) is 4.79 Å². The molecule has 6 heteroatoms. The summed E-state index contributed by atoms with van der Waals surface area (Å²) >= 11 is 0. The van der Waals surface area contributed by atoms with E-state index in [1.807, 2.05) is 13.8 Å². The molecule has 0 aliphatic carbocycles. The van der Waals surface area contributed by atoms with Gasteiger partial charge in [-0.25, -0.2) is 9.07 Å². The predicted molar refractivity (Wildman–Crippen MR) is 84.6 cm³/mol. The molecule has 0 unspecified atom stereocenters. The molecule has 1 N–H and O–H groups in total. The molecule has 5 nitrogen and oxygen atoms in total. The Bertz CT molecular complexity index is 759. The normalized spacial score (nSPS) is 15.2. The third-order valence-corrected chi connectivity index (χ3v) is 3.99. The minimum Gasteiger partial charge on any atom is -0.389 e. The number of nitrogens with zero attached hydrogens (tertiary/aromatic N) is 3. The number of likely N-dealkylation sites (tertiary alicyclic amines) is 1. The number of benzene rings is 1. The number of rotatable bonds is 3. The molecule has 23 heavy (non-hydrogen) atoms. The highest BCUT2D eigenvalue weighted by Gasteiger charge is 2.27. The maximum absolute atomic E-state index is 13.0. The van der Waals surface area contributed by atoms with Crippen molar-refractivity contribution in [3.05, 3.63) is 53.1 Å². The number of amides is 1. The number of carbonyl (C=O) groups excluding carboxylic acids is 1. The predicted octanol–water partition coefficient (Wildman–Crippen LogP) is 1.84. The van der Waals surface area contributed by atoms with E-state index in [-0.39, 0.29) is 11.7 Å². The quantitative estimate of drug-likeness (QED) is 0.879. The fraction of sp³-hybridized carbons (Fsp3) is 0.294. The minimum absolute atomic E-state index is 0.122. The maximum atomic E-state index is 13.0. The zero-order valence-corrected chi connectivity index (χ0v) is 13.0. The van der Waals surface area contributed by atoms with Crippen molar-refractivity contribution < 1.29 is 14.3 Å². The molecule has 1 aliphatic rings. The van der Waals surface area contributed by atoms with Crippen LogP contribution >= 0.6 is 0 Å². The van der Waals surface area contributed by atoms with Gasteiger partial charge in [0.05, 0.1) is 17.5 Å². The van der Waals surface area contributed by atoms with E-state index in [0.717, 1.165) is 22.6 Å². The van der Waals surface area contributed by atoms with Gasteiger partial charge in [0.15, 0.2) is 0 Å². The molecule has 1 aromatic carbocycles. The highest BCUT2D eigenvalue weighted by atomic mass is 19.1. The van der Waals surface area contributed by atoms with Crippen molar-refractivity contribution >= 4 is 12.0 Å². The van der Waals surface area contributed by atoms with Crippen LogP contribution in [0.15, 0.2) is 30.3 Å². The molecule has 1 aromatic heterocycles. The minimum atomic E-state index is -0.406. The summed E-state index contributed by atoms with van der Waals surface area (Å²) in [5.41, 5.74) is 3.30. The summed E-state index contributed by atoms with van der Waals surface area (Å²) < 4.78 is 14.8. The number of aliphatic hydroxyl groups is 1. The Labute approximate surface area is 133 Å². The van der Waals surface area contributed by atoms with E-state index in [0.29, 0.717) is 13.1 Å². The Morgan fingerprint density at radius 3 is 2.57 bits per heavy atom. The van der Waals surface area contributed by atoms with Crippen LogP contribution < -0.4 is 0 Å². The molecular formula is C17H18FN3O2. The molecule has 1 fully saturated rings. The van der Waals surface area contributed by atoms with E-state index in [1.165, 1.54) is 18.2 Å². The molecule has 0 bridgehead atoms. The fourth-order valence-corrected chi connectivity index (χ4v) is 2.62. The number of carbonyl (C=O) groups is 1. The number of aromatic nitrogens is 2. The molecule has 1 amide bonds. The van der Waals surface area contributed by atoms with Gasteiger partial charge in [-0.2, -0.15) is 5.10 Å². The van der Waals surface area contributed by atoms with Crippen molar-refractivity contribution in [3.63, 3.8) is 0 Å². The lowest BCUT2D eigenvalue weighted by atomic mass is 10.1. The van der Waals surface area contributed by atoms with E-state index >= 15 is 0 Å². The number of halogens is 1. The van der Waals surface area contributed by atoms with Crippen molar-refractivity contribution in [3.8, 4) is 5.69 Å². The summed E-state index contributed by atoms with van der Waals surface area (Å²) in [6.45, 7) is 4.54. The van der Waals surface area contributed by atoms with Gasteiger partial charge in [-0.05, 0) is 44.2 Å². The molecular weight excluding hydrogens is 297 g/mol. The molecule has 0 saturated carbocycles. The summed E-state index contributed by atoms with van der Waals surface area (Å²) in [4.78, 5) is 13.5. The number of aryl methyl sites for hydroxylation is 1. The second-order valence-corrected chi connectivity index (χ2v) is 5.70. The van der Waals surface area contributed by atoms with Crippen LogP contribution in [0, 0.1) is 19.7 Å². The molecule has 1 aliphatic heterocycles. The SMILES string of the molecule is Cc1nn(-c2ccc(F)cc2)c(C)c1/C=C/C(=O)N1CC(O)C1. The monoisotopic (exact) mass is 315 g/mol. The Balaban J connectivity index is 1.83. The third kappa shape index (κ3) is 3.03. The average Bonchev–Trinajstić information content (AvgIpc) is 2.77. The smallest absolute Gasteiger partial charge is 0.246 e. The summed E-state index contributed by atoms with van der Waals surface area (Å²) in [6, 6.07) is 6.10. The van der Waals surface area contributed by atoms with Crippen LogP contribution in [-0.2, 0) is 4.79 Å². The zero-order chi connectivity index (χ0) is 16.6. The van der Waals surface area contributed by atoms with Gasteiger partial charge in [-0.15, -0.1) is 0 Å². The highest BCUT2D eigenvalue weighted by molar-refractivity contribution is 5.92. The first kappa shape index (κ1) is 15.4. The van der Waals surface area contributed by atoms with Crippen LogP contribution in [0.4, 0.5) is 4.39 Å². The lowest BCUT2D eigenvalue weighted by molar-refractivity contribution is -0.135. The van der Waals surface area contributed by atoms with Gasteiger partial charge in [0.1, 0.15) is 5.82 Å². The van der Waals surface area contributed by atoms with Gasteiger partial charge in [0, 0.05) is 30.4 Å². The van der Waals surface area contributed by atoms with E-state index in [4.69, 9.17) is 0 Å². The molecule has 0 radical (unpaired) electrons. The molecule has 2 heterocycles. The van der Waals surface area contributed by atoms with Crippen molar-refractivity contribution in [2.24, 2.45) is 0 Å². The van der Waals surface area contributed by atoms with Gasteiger partial charge in [0.25, 0.3) is 0 Å². The van der Waals surface area contributed by atoms with Crippen LogP contribution in [-0.4, -0.2) is 44.9 Å². The molecule has 120 valence electrons. The van der Waals surface area contributed by atoms with Crippen LogP contribution in [0.2, 0.25) is 0 Å². The van der Waals surface area contributed by atoms with Crippen LogP contribution in [0.25, 0.3) is 11.8 Å². The second kappa shape index (κ2) is 5.96. The molecule has 0 spiro atoms. The van der Waals surface area contributed by atoms with Crippen molar-refractivity contribution in [2.45, 2.75) is 20.0 Å². The second-order valence-electron chi connectivity index (χ2n) is 5.70. The van der Waals surface area contributed by atoms with Crippen LogP contribution in [0.3, 0.4) is 0 Å². The number of aliphatic hydroxyl groups excluding tert-OH is 1. The number of hydrogen-bond acceptors (Lipinski definition) is 3. The summed E-state index contributed by atoms with van der Waals surface area (Å²) in [6.07, 6.45) is 2.83. The Morgan fingerprint density at radius 2 is 1.96 bits per heavy atom. The molecule has 3 rings (SSSR count). The van der Waals surface area contributed by atoms with Gasteiger partial charge < -0.3 is 10.0 Å². The highest BCUT2D eigenvalue weighted by Crippen LogP contribution is 2.20. The fourth-order valence-electron chi connectivity index (χ4n) is 2.62. The van der Waals surface area contributed by atoms with Gasteiger partial charge >= 0.3 is 0 Å². The lowest BCUT2D eigenvalue weighted by Gasteiger charge is -2.34. The van der Waals surface area contributed by atoms with Crippen LogP contribution in [0.1, 0.15) is 17.0 Å². The number of β-amino-alcohol motifs (C(OH)–C–C–N with tert-alkyl or cyclic N) is 1. The largest absolute Gasteiger partial charge is 0.389 e.